The Bertz CT molecular complexity index is 1210. The molecular formula is C25H20O3. The average molecular weight is 368 g/mol. The molecule has 0 aliphatic carbocycles. The summed E-state index contributed by atoms with van der Waals surface area (Å²) in [4.78, 5) is 24.8. The van der Waals surface area contributed by atoms with Gasteiger partial charge >= 0.3 is 5.97 Å². The van der Waals surface area contributed by atoms with Crippen LogP contribution in [0.5, 0.6) is 0 Å². The molecule has 0 bridgehead atoms. The molecule has 0 amide bonds. The normalized spacial score (nSPS) is 11.1. The van der Waals surface area contributed by atoms with Crippen molar-refractivity contribution in [1.29, 1.82) is 0 Å². The fourth-order valence-corrected chi connectivity index (χ4v) is 3.65. The third-order valence-corrected chi connectivity index (χ3v) is 4.83. The van der Waals surface area contributed by atoms with Gasteiger partial charge in [0, 0.05) is 16.7 Å². The van der Waals surface area contributed by atoms with Crippen LogP contribution in [-0.2, 0) is 4.74 Å². The summed E-state index contributed by atoms with van der Waals surface area (Å²) < 4.78 is 5.51. The van der Waals surface area contributed by atoms with Crippen LogP contribution in [0.25, 0.3) is 32.7 Å². The second kappa shape index (κ2) is 7.28. The summed E-state index contributed by atoms with van der Waals surface area (Å²) in [5, 5.41) is 3.87. The SMILES string of the molecule is CC(C)OC(=O)c1ccc2ccccc2c1-c1c(C=O)ccc2ccccc12. The number of carbonyl (C=O) groups is 2. The highest BCUT2D eigenvalue weighted by Crippen LogP contribution is 2.39. The van der Waals surface area contributed by atoms with Crippen LogP contribution in [0.4, 0.5) is 0 Å². The molecule has 0 fully saturated rings. The van der Waals surface area contributed by atoms with E-state index in [1.54, 1.807) is 6.07 Å². The lowest BCUT2D eigenvalue weighted by molar-refractivity contribution is 0.0379. The van der Waals surface area contributed by atoms with E-state index in [2.05, 4.69) is 0 Å². The zero-order valence-electron chi connectivity index (χ0n) is 15.8. The minimum absolute atomic E-state index is 0.232. The van der Waals surface area contributed by atoms with Gasteiger partial charge < -0.3 is 4.74 Å². The zero-order chi connectivity index (χ0) is 19.7. The highest BCUT2D eigenvalue weighted by molar-refractivity contribution is 6.16. The van der Waals surface area contributed by atoms with E-state index in [1.165, 1.54) is 0 Å². The first-order chi connectivity index (χ1) is 13.6. The number of esters is 1. The quantitative estimate of drug-likeness (QED) is 0.326. The molecule has 4 aromatic rings. The van der Waals surface area contributed by atoms with Crippen molar-refractivity contribution in [2.45, 2.75) is 20.0 Å². The predicted octanol–water partition coefficient (Wildman–Crippen LogP) is 6.04. The van der Waals surface area contributed by atoms with Gasteiger partial charge in [0.25, 0.3) is 0 Å². The van der Waals surface area contributed by atoms with Crippen LogP contribution in [0, 0.1) is 0 Å². The predicted molar refractivity (Wildman–Crippen MR) is 113 cm³/mol. The number of rotatable bonds is 4. The molecule has 28 heavy (non-hydrogen) atoms. The van der Waals surface area contributed by atoms with E-state index in [1.807, 2.05) is 80.6 Å². The molecule has 0 radical (unpaired) electrons. The molecule has 4 rings (SSSR count). The van der Waals surface area contributed by atoms with Crippen molar-refractivity contribution in [1.82, 2.24) is 0 Å². The van der Waals surface area contributed by atoms with Crippen LogP contribution in [0.2, 0.25) is 0 Å². The summed E-state index contributed by atoms with van der Waals surface area (Å²) in [7, 11) is 0. The topological polar surface area (TPSA) is 43.4 Å². The molecule has 0 heterocycles. The maximum atomic E-state index is 12.9. The zero-order valence-corrected chi connectivity index (χ0v) is 15.8. The van der Waals surface area contributed by atoms with E-state index in [0.717, 1.165) is 39.0 Å². The second-order valence-electron chi connectivity index (χ2n) is 7.03. The number of hydrogen-bond donors (Lipinski definition) is 0. The minimum Gasteiger partial charge on any atom is -0.459 e. The summed E-state index contributed by atoms with van der Waals surface area (Å²) in [5.74, 6) is -0.388. The second-order valence-corrected chi connectivity index (χ2v) is 7.03. The van der Waals surface area contributed by atoms with Crippen LogP contribution in [0.3, 0.4) is 0 Å². The lowest BCUT2D eigenvalue weighted by Gasteiger charge is -2.17. The molecule has 0 aliphatic heterocycles. The van der Waals surface area contributed by atoms with Gasteiger partial charge in [-0.2, -0.15) is 0 Å². The first-order valence-electron chi connectivity index (χ1n) is 9.30. The van der Waals surface area contributed by atoms with E-state index < -0.39 is 0 Å². The fraction of sp³-hybridized carbons (Fsp3) is 0.120. The van der Waals surface area contributed by atoms with Crippen LogP contribution in [0.1, 0.15) is 34.6 Å². The van der Waals surface area contributed by atoms with Crippen molar-refractivity contribution in [3.05, 3.63) is 83.9 Å². The van der Waals surface area contributed by atoms with E-state index in [0.29, 0.717) is 11.1 Å². The van der Waals surface area contributed by atoms with Crippen molar-refractivity contribution in [2.75, 3.05) is 0 Å². The number of ether oxygens (including phenoxy) is 1. The molecule has 4 aromatic carbocycles. The Morgan fingerprint density at radius 1 is 0.786 bits per heavy atom. The van der Waals surface area contributed by atoms with Crippen molar-refractivity contribution in [3.8, 4) is 11.1 Å². The van der Waals surface area contributed by atoms with Gasteiger partial charge in [-0.25, -0.2) is 4.79 Å². The van der Waals surface area contributed by atoms with Crippen molar-refractivity contribution in [3.63, 3.8) is 0 Å². The molecular weight excluding hydrogens is 348 g/mol. The van der Waals surface area contributed by atoms with E-state index in [-0.39, 0.29) is 12.1 Å². The monoisotopic (exact) mass is 368 g/mol. The lowest BCUT2D eigenvalue weighted by Crippen LogP contribution is -2.13. The molecule has 3 heteroatoms. The number of aldehydes is 1. The molecule has 0 saturated carbocycles. The maximum absolute atomic E-state index is 12.9. The van der Waals surface area contributed by atoms with Gasteiger partial charge in [-0.05, 0) is 41.5 Å². The average Bonchev–Trinajstić information content (AvgIpc) is 2.71. The Morgan fingerprint density at radius 2 is 1.36 bits per heavy atom. The molecule has 0 aromatic heterocycles. The van der Waals surface area contributed by atoms with Crippen molar-refractivity contribution >= 4 is 33.8 Å². The first-order valence-corrected chi connectivity index (χ1v) is 9.30. The van der Waals surface area contributed by atoms with Gasteiger partial charge in [0.05, 0.1) is 11.7 Å². The van der Waals surface area contributed by atoms with Crippen molar-refractivity contribution < 1.29 is 14.3 Å². The van der Waals surface area contributed by atoms with Crippen LogP contribution in [-0.4, -0.2) is 18.4 Å². The Balaban J connectivity index is 2.15. The van der Waals surface area contributed by atoms with Gasteiger partial charge in [0.2, 0.25) is 0 Å². The van der Waals surface area contributed by atoms with Crippen molar-refractivity contribution in [2.24, 2.45) is 0 Å². The number of benzene rings is 4. The molecule has 0 spiro atoms. The van der Waals surface area contributed by atoms with E-state index >= 15 is 0 Å². The molecule has 0 unspecified atom stereocenters. The Kier molecular flexibility index (Phi) is 4.66. The van der Waals surface area contributed by atoms with E-state index in [9.17, 15) is 9.59 Å². The van der Waals surface area contributed by atoms with Gasteiger partial charge in [-0.15, -0.1) is 0 Å². The van der Waals surface area contributed by atoms with Gasteiger partial charge in [-0.3, -0.25) is 4.79 Å². The smallest absolute Gasteiger partial charge is 0.339 e. The number of carbonyl (C=O) groups excluding carboxylic acids is 2. The number of hydrogen-bond acceptors (Lipinski definition) is 3. The largest absolute Gasteiger partial charge is 0.459 e. The molecule has 138 valence electrons. The van der Waals surface area contributed by atoms with E-state index in [4.69, 9.17) is 4.74 Å². The Morgan fingerprint density at radius 3 is 1.96 bits per heavy atom. The third kappa shape index (κ3) is 3.05. The summed E-state index contributed by atoms with van der Waals surface area (Å²) in [5.41, 5.74) is 2.52. The van der Waals surface area contributed by atoms with Crippen LogP contribution < -0.4 is 0 Å². The van der Waals surface area contributed by atoms with Gasteiger partial charge in [0.1, 0.15) is 0 Å². The standard InChI is InChI=1S/C25H20O3/c1-16(2)28-25(27)22-14-13-18-8-4-6-10-21(18)24(22)23-19(15-26)12-11-17-7-3-5-9-20(17)23/h3-16H,1-2H3. The Labute approximate surface area is 163 Å². The Hall–Kier alpha value is -3.46. The first kappa shape index (κ1) is 17.9. The molecule has 0 N–H and O–H groups in total. The summed E-state index contributed by atoms with van der Waals surface area (Å²) in [6, 6.07) is 23.2. The highest BCUT2D eigenvalue weighted by Gasteiger charge is 2.21. The van der Waals surface area contributed by atoms with Gasteiger partial charge in [-0.1, -0.05) is 66.7 Å². The third-order valence-electron chi connectivity index (χ3n) is 4.83. The molecule has 0 atom stereocenters. The number of fused-ring (bicyclic) bond motifs is 2. The maximum Gasteiger partial charge on any atom is 0.339 e. The van der Waals surface area contributed by atoms with Crippen LogP contribution in [0.15, 0.2) is 72.8 Å². The highest BCUT2D eigenvalue weighted by atomic mass is 16.5. The van der Waals surface area contributed by atoms with Gasteiger partial charge in [0.15, 0.2) is 6.29 Å². The fourth-order valence-electron chi connectivity index (χ4n) is 3.65. The summed E-state index contributed by atoms with van der Waals surface area (Å²) in [6.45, 7) is 3.65. The minimum atomic E-state index is -0.388. The molecule has 0 aliphatic rings. The molecule has 0 saturated heterocycles. The lowest BCUT2D eigenvalue weighted by atomic mass is 9.87. The summed E-state index contributed by atoms with van der Waals surface area (Å²) >= 11 is 0. The van der Waals surface area contributed by atoms with Crippen LogP contribution >= 0.6 is 0 Å². The molecule has 3 nitrogen and oxygen atoms in total. The summed E-state index contributed by atoms with van der Waals surface area (Å²) in [6.07, 6.45) is 0.617.